The van der Waals surface area contributed by atoms with E-state index in [2.05, 4.69) is 16.3 Å². The van der Waals surface area contributed by atoms with Crippen molar-refractivity contribution in [2.45, 2.75) is 32.2 Å². The van der Waals surface area contributed by atoms with Gasteiger partial charge in [0.05, 0.1) is 17.3 Å². The molecule has 0 spiro atoms. The van der Waals surface area contributed by atoms with E-state index in [1.165, 1.54) is 19.3 Å². The van der Waals surface area contributed by atoms with E-state index in [9.17, 15) is 4.79 Å². The van der Waals surface area contributed by atoms with Crippen LogP contribution in [0.25, 0.3) is 0 Å². The lowest BCUT2D eigenvalue weighted by molar-refractivity contribution is -0.120. The smallest absolute Gasteiger partial charge is 0.241 e. The number of fused-ring (bicyclic) bond motifs is 1. The fraction of sp³-hybridized carbons (Fsp3) is 0.529. The van der Waals surface area contributed by atoms with Gasteiger partial charge >= 0.3 is 0 Å². The molecule has 3 unspecified atom stereocenters. The first kappa shape index (κ1) is 14.1. The van der Waals surface area contributed by atoms with Crippen molar-refractivity contribution >= 4 is 11.6 Å². The summed E-state index contributed by atoms with van der Waals surface area (Å²) in [7, 11) is 0. The fourth-order valence-electron chi connectivity index (χ4n) is 3.68. The lowest BCUT2D eigenvalue weighted by Crippen LogP contribution is -2.41. The second kappa shape index (κ2) is 5.87. The lowest BCUT2D eigenvalue weighted by Gasteiger charge is -2.24. The molecule has 2 fully saturated rings. The van der Waals surface area contributed by atoms with Crippen LogP contribution in [0.15, 0.2) is 24.3 Å². The van der Waals surface area contributed by atoms with E-state index >= 15 is 0 Å². The van der Waals surface area contributed by atoms with Crippen molar-refractivity contribution in [3.63, 3.8) is 0 Å². The Morgan fingerprint density at radius 3 is 2.67 bits per heavy atom. The van der Waals surface area contributed by atoms with E-state index in [-0.39, 0.29) is 11.9 Å². The zero-order valence-electron chi connectivity index (χ0n) is 12.4. The predicted octanol–water partition coefficient (Wildman–Crippen LogP) is 2.62. The molecule has 1 aromatic carbocycles. The summed E-state index contributed by atoms with van der Waals surface area (Å²) in [6.07, 6.45) is 3.97. The van der Waals surface area contributed by atoms with Crippen LogP contribution in [0.1, 0.15) is 31.7 Å². The predicted molar refractivity (Wildman–Crippen MR) is 81.7 cm³/mol. The highest BCUT2D eigenvalue weighted by atomic mass is 16.2. The number of hydrogen-bond donors (Lipinski definition) is 1. The van der Waals surface area contributed by atoms with Crippen molar-refractivity contribution in [3.05, 3.63) is 29.8 Å². The summed E-state index contributed by atoms with van der Waals surface area (Å²) in [6.45, 7) is 4.05. The van der Waals surface area contributed by atoms with Crippen LogP contribution in [0.5, 0.6) is 0 Å². The molecule has 1 aromatic rings. The number of benzene rings is 1. The average Bonchev–Trinajstić information content (AvgIpc) is 3.08. The van der Waals surface area contributed by atoms with Crippen LogP contribution >= 0.6 is 0 Å². The van der Waals surface area contributed by atoms with Crippen molar-refractivity contribution in [1.29, 1.82) is 5.26 Å². The van der Waals surface area contributed by atoms with Gasteiger partial charge in [-0.2, -0.15) is 5.26 Å². The summed E-state index contributed by atoms with van der Waals surface area (Å²) in [5.74, 6) is 1.55. The van der Waals surface area contributed by atoms with Gasteiger partial charge in [-0.15, -0.1) is 0 Å². The van der Waals surface area contributed by atoms with Gasteiger partial charge in [-0.25, -0.2) is 0 Å². The molecular weight excluding hydrogens is 262 g/mol. The molecule has 1 heterocycles. The van der Waals surface area contributed by atoms with Gasteiger partial charge in [0.1, 0.15) is 6.07 Å². The van der Waals surface area contributed by atoms with Crippen LogP contribution in [0.4, 0.5) is 5.69 Å². The Balaban J connectivity index is 1.64. The summed E-state index contributed by atoms with van der Waals surface area (Å²) in [5, 5.41) is 12.0. The van der Waals surface area contributed by atoms with E-state index in [0.717, 1.165) is 24.9 Å². The van der Waals surface area contributed by atoms with Crippen molar-refractivity contribution in [1.82, 2.24) is 4.90 Å². The molecule has 0 radical (unpaired) electrons. The van der Waals surface area contributed by atoms with Gasteiger partial charge in [0, 0.05) is 13.1 Å². The summed E-state index contributed by atoms with van der Waals surface area (Å²) >= 11 is 0. The number of hydrogen-bond acceptors (Lipinski definition) is 3. The van der Waals surface area contributed by atoms with Gasteiger partial charge in [-0.1, -0.05) is 18.6 Å². The number of amides is 1. The maximum atomic E-state index is 12.4. The van der Waals surface area contributed by atoms with Crippen LogP contribution in [-0.4, -0.2) is 29.9 Å². The van der Waals surface area contributed by atoms with Gasteiger partial charge in [0.2, 0.25) is 5.91 Å². The number of nitrogens with zero attached hydrogens (tertiary/aromatic N) is 2. The van der Waals surface area contributed by atoms with Gasteiger partial charge in [0.15, 0.2) is 0 Å². The number of para-hydroxylation sites is 1. The zero-order chi connectivity index (χ0) is 14.8. The van der Waals surface area contributed by atoms with E-state index in [0.29, 0.717) is 11.3 Å². The minimum absolute atomic E-state index is 0.0160. The first-order valence-electron chi connectivity index (χ1n) is 7.73. The molecule has 110 valence electrons. The molecular formula is C17H21N3O. The molecule has 4 nitrogen and oxygen atoms in total. The number of nitrogens with one attached hydrogen (secondary N) is 1. The number of rotatable bonds is 3. The SMILES string of the molecule is CC(C(=O)Nc1ccccc1C#N)N1CC2CCCC2C1. The molecule has 1 saturated carbocycles. The highest BCUT2D eigenvalue weighted by Gasteiger charge is 2.39. The van der Waals surface area contributed by atoms with Gasteiger partial charge in [-0.3, -0.25) is 9.69 Å². The average molecular weight is 283 g/mol. The summed E-state index contributed by atoms with van der Waals surface area (Å²) in [4.78, 5) is 14.7. The third-order valence-corrected chi connectivity index (χ3v) is 4.99. The number of anilines is 1. The Hall–Kier alpha value is -1.86. The minimum Gasteiger partial charge on any atom is -0.324 e. The summed E-state index contributed by atoms with van der Waals surface area (Å²) < 4.78 is 0. The normalized spacial score (nSPS) is 26.1. The third kappa shape index (κ3) is 2.79. The van der Waals surface area contributed by atoms with Crippen LogP contribution in [0.3, 0.4) is 0 Å². The van der Waals surface area contributed by atoms with Crippen LogP contribution in [-0.2, 0) is 4.79 Å². The first-order valence-corrected chi connectivity index (χ1v) is 7.73. The molecule has 21 heavy (non-hydrogen) atoms. The fourth-order valence-corrected chi connectivity index (χ4v) is 3.68. The zero-order valence-corrected chi connectivity index (χ0v) is 12.4. The van der Waals surface area contributed by atoms with E-state index in [4.69, 9.17) is 5.26 Å². The van der Waals surface area contributed by atoms with E-state index in [1.54, 1.807) is 18.2 Å². The Morgan fingerprint density at radius 2 is 2.00 bits per heavy atom. The molecule has 1 saturated heterocycles. The van der Waals surface area contributed by atoms with Crippen molar-refractivity contribution in [2.24, 2.45) is 11.8 Å². The largest absolute Gasteiger partial charge is 0.324 e. The number of carbonyl (C=O) groups is 1. The second-order valence-electron chi connectivity index (χ2n) is 6.23. The lowest BCUT2D eigenvalue weighted by atomic mass is 10.0. The molecule has 0 bridgehead atoms. The standard InChI is InChI=1S/C17H21N3O/c1-12(20-10-14-6-4-7-15(14)11-20)17(21)19-16-8-3-2-5-13(16)9-18/h2-3,5,8,12,14-15H,4,6-7,10-11H2,1H3,(H,19,21). The van der Waals surface area contributed by atoms with Crippen LogP contribution < -0.4 is 5.32 Å². The maximum absolute atomic E-state index is 12.4. The molecule has 0 aromatic heterocycles. The highest BCUT2D eigenvalue weighted by molar-refractivity contribution is 5.95. The Morgan fingerprint density at radius 1 is 1.33 bits per heavy atom. The van der Waals surface area contributed by atoms with Gasteiger partial charge in [-0.05, 0) is 43.7 Å². The molecule has 1 N–H and O–H groups in total. The van der Waals surface area contributed by atoms with Crippen molar-refractivity contribution in [2.75, 3.05) is 18.4 Å². The van der Waals surface area contributed by atoms with Crippen LogP contribution in [0, 0.1) is 23.2 Å². The Kier molecular flexibility index (Phi) is 3.94. The Labute approximate surface area is 125 Å². The third-order valence-electron chi connectivity index (χ3n) is 4.99. The molecule has 1 aliphatic heterocycles. The summed E-state index contributed by atoms with van der Waals surface area (Å²) in [6, 6.07) is 9.12. The van der Waals surface area contributed by atoms with Crippen molar-refractivity contribution < 1.29 is 4.79 Å². The molecule has 3 atom stereocenters. The monoisotopic (exact) mass is 283 g/mol. The number of likely N-dealkylation sites (tertiary alicyclic amines) is 1. The van der Waals surface area contributed by atoms with Gasteiger partial charge < -0.3 is 5.32 Å². The topological polar surface area (TPSA) is 56.1 Å². The number of nitriles is 1. The quantitative estimate of drug-likeness (QED) is 0.927. The van der Waals surface area contributed by atoms with E-state index < -0.39 is 0 Å². The maximum Gasteiger partial charge on any atom is 0.241 e. The molecule has 3 rings (SSSR count). The van der Waals surface area contributed by atoms with E-state index in [1.807, 2.05) is 13.0 Å². The molecule has 1 aliphatic carbocycles. The van der Waals surface area contributed by atoms with Gasteiger partial charge in [0.25, 0.3) is 0 Å². The molecule has 1 amide bonds. The number of carbonyl (C=O) groups excluding carboxylic acids is 1. The molecule has 4 heteroatoms. The molecule has 2 aliphatic rings. The van der Waals surface area contributed by atoms with Crippen molar-refractivity contribution in [3.8, 4) is 6.07 Å². The van der Waals surface area contributed by atoms with Crippen LogP contribution in [0.2, 0.25) is 0 Å². The highest BCUT2D eigenvalue weighted by Crippen LogP contribution is 2.38. The minimum atomic E-state index is -0.137. The second-order valence-corrected chi connectivity index (χ2v) is 6.23. The summed E-state index contributed by atoms with van der Waals surface area (Å²) in [5.41, 5.74) is 1.12. The first-order chi connectivity index (χ1) is 10.2. The Bertz CT molecular complexity index is 566.